The molecular formula is C29H31N3O4S. The fourth-order valence-electron chi connectivity index (χ4n) is 4.44. The molecule has 0 bridgehead atoms. The first kappa shape index (κ1) is 25.2. The molecule has 2 fully saturated rings. The highest BCUT2D eigenvalue weighted by molar-refractivity contribution is 7.91. The van der Waals surface area contributed by atoms with E-state index in [0.29, 0.717) is 42.5 Å². The molecule has 0 spiro atoms. The van der Waals surface area contributed by atoms with E-state index in [-0.39, 0.29) is 23.3 Å². The van der Waals surface area contributed by atoms with Crippen LogP contribution in [0.4, 0.5) is 5.69 Å². The second-order valence-electron chi connectivity index (χ2n) is 9.93. The summed E-state index contributed by atoms with van der Waals surface area (Å²) >= 11 is 0. The number of carbonyl (C=O) groups is 2. The van der Waals surface area contributed by atoms with Gasteiger partial charge in [0.1, 0.15) is 0 Å². The molecular weight excluding hydrogens is 486 g/mol. The van der Waals surface area contributed by atoms with Crippen molar-refractivity contribution in [2.75, 3.05) is 29.9 Å². The molecule has 2 N–H and O–H groups in total. The van der Waals surface area contributed by atoms with Gasteiger partial charge >= 0.3 is 0 Å². The molecule has 0 unspecified atom stereocenters. The molecule has 37 heavy (non-hydrogen) atoms. The Labute approximate surface area is 217 Å². The third-order valence-electron chi connectivity index (χ3n) is 6.93. The lowest BCUT2D eigenvalue weighted by atomic mass is 9.97. The van der Waals surface area contributed by atoms with Crippen molar-refractivity contribution in [3.63, 3.8) is 0 Å². The van der Waals surface area contributed by atoms with Crippen LogP contribution in [-0.2, 0) is 16.4 Å². The number of nitrogens with zero attached hydrogens (tertiary/aromatic N) is 1. The molecule has 2 amide bonds. The number of hydrogen-bond acceptors (Lipinski definition) is 5. The first-order chi connectivity index (χ1) is 17.8. The van der Waals surface area contributed by atoms with E-state index < -0.39 is 9.84 Å². The van der Waals surface area contributed by atoms with Crippen molar-refractivity contribution in [1.29, 1.82) is 0 Å². The SMILES string of the molecule is Cc1ccc(C(=O)NC2CC2)cc1-c1ccc(C(=O)Nc2ccc(CN3CCS(=O)(=O)CC3)cc2)cc1. The van der Waals surface area contributed by atoms with Crippen LogP contribution >= 0.6 is 0 Å². The van der Waals surface area contributed by atoms with Crippen molar-refractivity contribution in [2.45, 2.75) is 32.4 Å². The van der Waals surface area contributed by atoms with E-state index in [4.69, 9.17) is 0 Å². The molecule has 0 radical (unpaired) electrons. The average Bonchev–Trinajstić information content (AvgIpc) is 3.71. The third-order valence-corrected chi connectivity index (χ3v) is 8.53. The molecule has 3 aromatic carbocycles. The monoisotopic (exact) mass is 517 g/mol. The lowest BCUT2D eigenvalue weighted by molar-refractivity contribution is 0.0950. The summed E-state index contributed by atoms with van der Waals surface area (Å²) in [6, 6.07) is 21.0. The van der Waals surface area contributed by atoms with Crippen LogP contribution in [0, 0.1) is 6.92 Å². The van der Waals surface area contributed by atoms with Crippen LogP contribution in [-0.4, -0.2) is 55.8 Å². The fourth-order valence-corrected chi connectivity index (χ4v) is 5.71. The molecule has 7 nitrogen and oxygen atoms in total. The number of carbonyl (C=O) groups excluding carboxylic acids is 2. The predicted molar refractivity (Wildman–Crippen MR) is 145 cm³/mol. The molecule has 0 atom stereocenters. The van der Waals surface area contributed by atoms with E-state index in [2.05, 4.69) is 15.5 Å². The van der Waals surface area contributed by atoms with Gasteiger partial charge in [-0.1, -0.05) is 30.3 Å². The molecule has 192 valence electrons. The number of benzene rings is 3. The number of hydrogen-bond donors (Lipinski definition) is 2. The Balaban J connectivity index is 1.20. The first-order valence-corrected chi connectivity index (χ1v) is 14.4. The van der Waals surface area contributed by atoms with Gasteiger partial charge < -0.3 is 10.6 Å². The van der Waals surface area contributed by atoms with Crippen LogP contribution in [0.15, 0.2) is 66.7 Å². The summed E-state index contributed by atoms with van der Waals surface area (Å²) in [5.41, 5.74) is 5.94. The van der Waals surface area contributed by atoms with Crippen LogP contribution in [0.1, 0.15) is 44.7 Å². The predicted octanol–water partition coefficient (Wildman–Crippen LogP) is 4.04. The Morgan fingerprint density at radius 3 is 2.16 bits per heavy atom. The second kappa shape index (κ2) is 10.5. The Hall–Kier alpha value is -3.49. The molecule has 8 heteroatoms. The first-order valence-electron chi connectivity index (χ1n) is 12.6. The molecule has 1 saturated heterocycles. The highest BCUT2D eigenvalue weighted by Crippen LogP contribution is 2.26. The summed E-state index contributed by atoms with van der Waals surface area (Å²) < 4.78 is 23.2. The van der Waals surface area contributed by atoms with Gasteiger partial charge in [0.25, 0.3) is 11.8 Å². The van der Waals surface area contributed by atoms with Crippen LogP contribution in [0.5, 0.6) is 0 Å². The van der Waals surface area contributed by atoms with Crippen molar-refractivity contribution in [2.24, 2.45) is 0 Å². The molecule has 3 aromatic rings. The lowest BCUT2D eigenvalue weighted by Crippen LogP contribution is -2.39. The van der Waals surface area contributed by atoms with Crippen LogP contribution in [0.3, 0.4) is 0 Å². The van der Waals surface area contributed by atoms with Gasteiger partial charge in [-0.3, -0.25) is 14.5 Å². The smallest absolute Gasteiger partial charge is 0.255 e. The summed E-state index contributed by atoms with van der Waals surface area (Å²) in [5, 5.41) is 5.96. The van der Waals surface area contributed by atoms with E-state index in [9.17, 15) is 18.0 Å². The van der Waals surface area contributed by atoms with E-state index in [0.717, 1.165) is 35.1 Å². The zero-order chi connectivity index (χ0) is 26.0. The van der Waals surface area contributed by atoms with Crippen molar-refractivity contribution in [3.8, 4) is 11.1 Å². The lowest BCUT2D eigenvalue weighted by Gasteiger charge is -2.26. The molecule has 1 saturated carbocycles. The molecule has 1 aliphatic heterocycles. The minimum atomic E-state index is -2.89. The maximum atomic E-state index is 12.8. The summed E-state index contributed by atoms with van der Waals surface area (Å²) in [4.78, 5) is 27.4. The molecule has 1 aliphatic carbocycles. The van der Waals surface area contributed by atoms with Crippen molar-refractivity contribution < 1.29 is 18.0 Å². The van der Waals surface area contributed by atoms with Gasteiger partial charge in [-0.2, -0.15) is 0 Å². The number of sulfone groups is 1. The number of rotatable bonds is 7. The van der Waals surface area contributed by atoms with Gasteiger partial charge in [-0.15, -0.1) is 0 Å². The van der Waals surface area contributed by atoms with E-state index in [1.807, 2.05) is 61.5 Å². The largest absolute Gasteiger partial charge is 0.349 e. The van der Waals surface area contributed by atoms with Crippen LogP contribution in [0.2, 0.25) is 0 Å². The standard InChI is InChI=1S/C29H31N3O4S/c1-20-2-5-24(29(34)31-26-12-13-26)18-27(20)22-6-8-23(9-7-22)28(33)30-25-10-3-21(4-11-25)19-32-14-16-37(35,36)17-15-32/h2-11,18,26H,12-17,19H2,1H3,(H,30,33)(H,31,34). The number of nitrogens with one attached hydrogen (secondary N) is 2. The zero-order valence-corrected chi connectivity index (χ0v) is 21.7. The maximum Gasteiger partial charge on any atom is 0.255 e. The van der Waals surface area contributed by atoms with Crippen molar-refractivity contribution in [1.82, 2.24) is 10.2 Å². The summed E-state index contributed by atoms with van der Waals surface area (Å²) in [6.07, 6.45) is 2.09. The van der Waals surface area contributed by atoms with Gasteiger partial charge in [0.2, 0.25) is 0 Å². The summed E-state index contributed by atoms with van der Waals surface area (Å²) in [7, 11) is -2.89. The molecule has 5 rings (SSSR count). The number of amides is 2. The van der Waals surface area contributed by atoms with Gasteiger partial charge in [0.15, 0.2) is 9.84 Å². The van der Waals surface area contributed by atoms with E-state index in [1.54, 1.807) is 12.1 Å². The topological polar surface area (TPSA) is 95.6 Å². The molecule has 1 heterocycles. The Morgan fingerprint density at radius 2 is 1.51 bits per heavy atom. The fraction of sp³-hybridized carbons (Fsp3) is 0.310. The quantitative estimate of drug-likeness (QED) is 0.493. The number of aryl methyl sites for hydroxylation is 1. The molecule has 0 aromatic heterocycles. The number of anilines is 1. The summed E-state index contributed by atoms with van der Waals surface area (Å²) in [6.45, 7) is 3.80. The van der Waals surface area contributed by atoms with Crippen molar-refractivity contribution in [3.05, 3.63) is 89.0 Å². The van der Waals surface area contributed by atoms with Crippen LogP contribution in [0.25, 0.3) is 11.1 Å². The zero-order valence-electron chi connectivity index (χ0n) is 20.9. The normalized spacial score (nSPS) is 17.2. The van der Waals surface area contributed by atoms with E-state index >= 15 is 0 Å². The maximum absolute atomic E-state index is 12.8. The minimum absolute atomic E-state index is 0.0466. The Morgan fingerprint density at radius 1 is 0.865 bits per heavy atom. The average molecular weight is 518 g/mol. The van der Waals surface area contributed by atoms with Crippen LogP contribution < -0.4 is 10.6 Å². The Kier molecular flexibility index (Phi) is 7.13. The highest BCUT2D eigenvalue weighted by Gasteiger charge is 2.24. The second-order valence-corrected chi connectivity index (χ2v) is 12.2. The minimum Gasteiger partial charge on any atom is -0.349 e. The Bertz CT molecular complexity index is 1400. The van der Waals surface area contributed by atoms with Gasteiger partial charge in [-0.05, 0) is 78.4 Å². The van der Waals surface area contributed by atoms with Gasteiger partial charge in [0, 0.05) is 42.5 Å². The van der Waals surface area contributed by atoms with E-state index in [1.165, 1.54) is 0 Å². The highest BCUT2D eigenvalue weighted by atomic mass is 32.2. The van der Waals surface area contributed by atoms with Gasteiger partial charge in [0.05, 0.1) is 11.5 Å². The van der Waals surface area contributed by atoms with Crippen molar-refractivity contribution >= 4 is 27.3 Å². The molecule has 2 aliphatic rings. The van der Waals surface area contributed by atoms with Gasteiger partial charge in [-0.25, -0.2) is 8.42 Å². The third kappa shape index (κ3) is 6.45. The summed E-state index contributed by atoms with van der Waals surface area (Å²) in [5.74, 6) is 0.172.